The van der Waals surface area contributed by atoms with Crippen LogP contribution in [0.25, 0.3) is 0 Å². The molecule has 0 aromatic heterocycles. The van der Waals surface area contributed by atoms with E-state index in [0.717, 1.165) is 0 Å². The van der Waals surface area contributed by atoms with Gasteiger partial charge in [-0.3, -0.25) is 24.1 Å². The van der Waals surface area contributed by atoms with Crippen molar-refractivity contribution in [2.75, 3.05) is 26.9 Å². The maximum absolute atomic E-state index is 12.2. The smallest absolute Gasteiger partial charge is 0.306 e. The van der Waals surface area contributed by atoms with Crippen LogP contribution in [0.4, 0.5) is 0 Å². The summed E-state index contributed by atoms with van der Waals surface area (Å²) in [6.07, 6.45) is 0.826. The lowest BCUT2D eigenvalue weighted by molar-refractivity contribution is -0.240. The van der Waals surface area contributed by atoms with Gasteiger partial charge in [0.2, 0.25) is 7.34 Å². The summed E-state index contributed by atoms with van der Waals surface area (Å²) in [5.74, 6) is -1.23. The van der Waals surface area contributed by atoms with Gasteiger partial charge in [-0.2, -0.15) is 0 Å². The molecule has 9 heteroatoms. The number of aliphatic hydroxyl groups excluding tert-OH is 1. The summed E-state index contributed by atoms with van der Waals surface area (Å²) in [6.45, 7) is 3.01. The van der Waals surface area contributed by atoms with Crippen molar-refractivity contribution in [2.24, 2.45) is 0 Å². The van der Waals surface area contributed by atoms with Crippen molar-refractivity contribution in [1.29, 1.82) is 1.43 Å². The summed E-state index contributed by atoms with van der Waals surface area (Å²) in [6, 6.07) is 0. The number of ether oxygens (including phenoxy) is 3. The Hall–Kier alpha value is -2.10. The molecule has 9 nitrogen and oxygen atoms in total. The number of Topliss-reactive ketones (excluding diaryl/α,β-unsaturated/α-hetero) is 2. The first kappa shape index (κ1) is 20.6. The van der Waals surface area contributed by atoms with E-state index in [-0.39, 0.29) is 57.5 Å². The topological polar surface area (TPSA) is 119 Å². The molecule has 0 aromatic rings. The molecule has 158 valence electrons. The molecule has 1 fully saturated rings. The van der Waals surface area contributed by atoms with Crippen molar-refractivity contribution in [1.82, 2.24) is 4.90 Å². The lowest BCUT2D eigenvalue weighted by Crippen LogP contribution is -2.55. The van der Waals surface area contributed by atoms with Crippen LogP contribution in [0, 0.1) is 0 Å². The van der Waals surface area contributed by atoms with Crippen LogP contribution in [0.1, 0.15) is 47.8 Å². The van der Waals surface area contributed by atoms with Crippen LogP contribution in [0.15, 0.2) is 11.8 Å². The number of carbonyl (C=O) groups excluding carboxylic acids is 4. The second-order valence-corrected chi connectivity index (χ2v) is 6.54. The third-order valence-electron chi connectivity index (χ3n) is 4.19. The van der Waals surface area contributed by atoms with Crippen LogP contribution < -0.4 is 0 Å². The van der Waals surface area contributed by atoms with Crippen LogP contribution in [0.3, 0.4) is 0 Å². The lowest BCUT2D eigenvalue weighted by atomic mass is 10.1. The fraction of sp³-hybridized carbons (Fsp3) is 0.684. The van der Waals surface area contributed by atoms with Crippen molar-refractivity contribution >= 4 is 23.4 Å². The number of carbonyl (C=O) groups is 4. The van der Waals surface area contributed by atoms with Gasteiger partial charge in [-0.25, -0.2) is 0 Å². The van der Waals surface area contributed by atoms with Gasteiger partial charge in [0.25, 0.3) is 0 Å². The predicted molar refractivity (Wildman–Crippen MR) is 98.0 cm³/mol. The highest BCUT2D eigenvalue weighted by molar-refractivity contribution is 6.09. The lowest BCUT2D eigenvalue weighted by Gasteiger charge is -2.42. The largest absolute Gasteiger partial charge is 0.463 e. The maximum Gasteiger partial charge on any atom is 0.306 e. The van der Waals surface area contributed by atoms with E-state index in [1.54, 1.807) is 13.8 Å². The number of hydrogen-bond donors (Lipinski definition) is 1. The van der Waals surface area contributed by atoms with Crippen molar-refractivity contribution in [3.8, 4) is 0 Å². The molecule has 2 aliphatic rings. The van der Waals surface area contributed by atoms with E-state index >= 15 is 0 Å². The number of allylic oxidation sites excluding steroid dienone is 1. The monoisotopic (exact) mass is 402 g/mol. The highest BCUT2D eigenvalue weighted by atomic mass is 16.6. The minimum Gasteiger partial charge on any atom is -0.463 e. The zero-order valence-electron chi connectivity index (χ0n) is 18.5. The molecular formula is C19H29NO8. The Morgan fingerprint density at radius 1 is 1.50 bits per heavy atom. The fourth-order valence-corrected chi connectivity index (χ4v) is 2.58. The minimum atomic E-state index is -1.21. The molecule has 0 unspecified atom stereocenters. The number of esters is 1. The molecule has 1 amide bonds. The minimum absolute atomic E-state index is 0.0280. The average molecular weight is 402 g/mol. The second kappa shape index (κ2) is 11.0. The summed E-state index contributed by atoms with van der Waals surface area (Å²) >= 11 is 0. The Balaban J connectivity index is 0.00000141. The van der Waals surface area contributed by atoms with Crippen LogP contribution in [-0.2, 0) is 33.4 Å². The molecule has 2 rings (SSSR count). The first-order valence-electron chi connectivity index (χ1n) is 10.1. The summed E-state index contributed by atoms with van der Waals surface area (Å²) < 4.78 is 30.1. The zero-order chi connectivity index (χ0) is 22.7. The number of aliphatic hydroxyl groups is 1. The van der Waals surface area contributed by atoms with Crippen molar-refractivity contribution in [2.45, 2.75) is 58.3 Å². The van der Waals surface area contributed by atoms with E-state index in [1.165, 1.54) is 18.2 Å². The van der Waals surface area contributed by atoms with Crippen LogP contribution >= 0.6 is 0 Å². The Bertz CT molecular complexity index is 669. The number of ketones is 2. The van der Waals surface area contributed by atoms with Gasteiger partial charge in [0.1, 0.15) is 18.0 Å². The number of rotatable bonds is 7. The van der Waals surface area contributed by atoms with E-state index in [1.807, 2.05) is 0 Å². The highest BCUT2D eigenvalue weighted by Gasteiger charge is 2.40. The highest BCUT2D eigenvalue weighted by Crippen LogP contribution is 2.25. The van der Waals surface area contributed by atoms with Gasteiger partial charge in [-0.15, -0.1) is 0 Å². The maximum atomic E-state index is 12.2. The number of hydrogen-bond acceptors (Lipinski definition) is 8. The van der Waals surface area contributed by atoms with Crippen LogP contribution in [-0.4, -0.2) is 73.6 Å². The van der Waals surface area contributed by atoms with Crippen molar-refractivity contribution in [3.63, 3.8) is 0 Å². The first-order chi connectivity index (χ1) is 14.2. The Morgan fingerprint density at radius 3 is 2.86 bits per heavy atom. The molecule has 28 heavy (non-hydrogen) atoms. The van der Waals surface area contributed by atoms with Gasteiger partial charge in [-0.05, 0) is 13.8 Å². The first-order valence-corrected chi connectivity index (χ1v) is 8.96. The Morgan fingerprint density at radius 2 is 2.21 bits per heavy atom. The van der Waals surface area contributed by atoms with Crippen LogP contribution in [0.5, 0.6) is 0 Å². The SMILES string of the molecule is [2H]C[C@@]1(COC(=O)CCC(=O)CC)COC[C@H](N2C=C(C)C(=O)CC2=O)O1.[3H]OC. The molecule has 0 bridgehead atoms. The van der Waals surface area contributed by atoms with Gasteiger partial charge in [-0.1, -0.05) is 6.92 Å². The summed E-state index contributed by atoms with van der Waals surface area (Å²) in [5.41, 5.74) is -0.774. The summed E-state index contributed by atoms with van der Waals surface area (Å²) in [4.78, 5) is 48.2. The fourth-order valence-electron chi connectivity index (χ4n) is 2.58. The molecule has 0 saturated carbocycles. The standard InChI is InChI=1S/C18H25NO7.CH4O/c1-4-13(20)5-6-17(23)25-11-18(3)10-24-9-16(26-18)19-8-12(2)14(21)7-15(19)22;1-2/h8,16H,4-7,9-11H2,1-3H3;2H,1H3/t16-,18+;/m1./s1/i3D;2T. The molecule has 0 radical (unpaired) electrons. The quantitative estimate of drug-likeness (QED) is 0.489. The van der Waals surface area contributed by atoms with E-state index in [2.05, 4.69) is 5.11 Å². The second-order valence-electron chi connectivity index (χ2n) is 6.54. The van der Waals surface area contributed by atoms with E-state index in [4.69, 9.17) is 17.0 Å². The van der Waals surface area contributed by atoms with Gasteiger partial charge < -0.3 is 19.3 Å². The summed E-state index contributed by atoms with van der Waals surface area (Å²) in [7, 11) is 1.29. The Labute approximate surface area is 167 Å². The molecule has 2 heterocycles. The van der Waals surface area contributed by atoms with Gasteiger partial charge in [0, 0.05) is 33.1 Å². The molecule has 1 saturated heterocycles. The zero-order valence-corrected chi connectivity index (χ0v) is 16.5. The third-order valence-corrected chi connectivity index (χ3v) is 4.19. The Kier molecular flexibility index (Phi) is 8.13. The molecule has 1 N–H and O–H groups in total. The van der Waals surface area contributed by atoms with E-state index < -0.39 is 23.7 Å². The van der Waals surface area contributed by atoms with Gasteiger partial charge in [0.05, 0.1) is 26.1 Å². The van der Waals surface area contributed by atoms with Gasteiger partial charge >= 0.3 is 5.97 Å². The number of nitrogens with zero attached hydrogens (tertiary/aromatic N) is 1. The van der Waals surface area contributed by atoms with Crippen molar-refractivity contribution < 1.29 is 39.9 Å². The molecule has 2 aliphatic heterocycles. The van der Waals surface area contributed by atoms with E-state index in [9.17, 15) is 19.2 Å². The summed E-state index contributed by atoms with van der Waals surface area (Å²) in [5, 5.41) is 3.50. The van der Waals surface area contributed by atoms with E-state index in [0.29, 0.717) is 12.0 Å². The molecular weight excluding hydrogens is 370 g/mol. The molecule has 0 aromatic carbocycles. The van der Waals surface area contributed by atoms with Gasteiger partial charge in [0.15, 0.2) is 12.0 Å². The normalized spacial score (nSPS) is 25.8. The molecule has 0 aliphatic carbocycles. The average Bonchev–Trinajstić information content (AvgIpc) is 2.73. The number of amides is 1. The molecule has 0 spiro atoms. The predicted octanol–water partition coefficient (Wildman–Crippen LogP) is 0.734. The van der Waals surface area contributed by atoms with Crippen molar-refractivity contribution in [3.05, 3.63) is 11.8 Å². The third kappa shape index (κ3) is 6.81. The van der Waals surface area contributed by atoms with Crippen LogP contribution in [0.2, 0.25) is 0 Å². The molecule has 2 atom stereocenters.